The Bertz CT molecular complexity index is 770. The number of aromatic nitrogens is 2. The molecule has 0 saturated carbocycles. The lowest BCUT2D eigenvalue weighted by Gasteiger charge is -2.09. The molecule has 1 aromatic heterocycles. The van der Waals surface area contributed by atoms with Crippen molar-refractivity contribution < 1.29 is 18.3 Å². The number of sulfonamides is 1. The second-order valence-electron chi connectivity index (χ2n) is 3.98. The van der Waals surface area contributed by atoms with Crippen LogP contribution < -0.4 is 4.72 Å². The number of rotatable bonds is 4. The van der Waals surface area contributed by atoms with Crippen LogP contribution >= 0.6 is 15.9 Å². The summed E-state index contributed by atoms with van der Waals surface area (Å²) in [6.07, 6.45) is 2.66. The van der Waals surface area contributed by atoms with Crippen molar-refractivity contribution in [3.05, 3.63) is 40.8 Å². The zero-order valence-corrected chi connectivity index (χ0v) is 12.6. The van der Waals surface area contributed by atoms with Gasteiger partial charge in [0, 0.05) is 17.7 Å². The van der Waals surface area contributed by atoms with Crippen LogP contribution in [0.2, 0.25) is 0 Å². The summed E-state index contributed by atoms with van der Waals surface area (Å²) in [5.41, 5.74) is -0.176. The largest absolute Gasteiger partial charge is 0.478 e. The number of anilines is 1. The van der Waals surface area contributed by atoms with Gasteiger partial charge in [0.15, 0.2) is 5.03 Å². The SMILES string of the molecule is Cn1cnc(S(=O)(=O)Nc2ccc(Br)cc2C(=O)O)c1. The standard InChI is InChI=1S/C11H10BrN3O4S/c1-15-5-10(13-6-15)20(18,19)14-9-3-2-7(12)4-8(9)11(16)17/h2-6,14H,1H3,(H,16,17). The highest BCUT2D eigenvalue weighted by Gasteiger charge is 2.20. The van der Waals surface area contributed by atoms with Crippen LogP contribution in [0.4, 0.5) is 5.69 Å². The van der Waals surface area contributed by atoms with Gasteiger partial charge in [-0.25, -0.2) is 9.78 Å². The van der Waals surface area contributed by atoms with Crippen LogP contribution in [0, 0.1) is 0 Å². The lowest BCUT2D eigenvalue weighted by Crippen LogP contribution is -2.16. The van der Waals surface area contributed by atoms with Crippen LogP contribution in [-0.4, -0.2) is 29.0 Å². The Morgan fingerprint density at radius 1 is 1.45 bits per heavy atom. The number of hydrogen-bond donors (Lipinski definition) is 2. The number of benzene rings is 1. The van der Waals surface area contributed by atoms with Crippen molar-refractivity contribution in [2.24, 2.45) is 7.05 Å². The second kappa shape index (κ2) is 5.25. The molecular weight excluding hydrogens is 350 g/mol. The van der Waals surface area contributed by atoms with Gasteiger partial charge in [-0.1, -0.05) is 15.9 Å². The third kappa shape index (κ3) is 2.99. The van der Waals surface area contributed by atoms with E-state index in [0.29, 0.717) is 4.47 Å². The molecule has 0 spiro atoms. The maximum atomic E-state index is 12.1. The second-order valence-corrected chi connectivity index (χ2v) is 6.52. The average molecular weight is 360 g/mol. The van der Waals surface area contributed by atoms with E-state index in [-0.39, 0.29) is 16.3 Å². The Kier molecular flexibility index (Phi) is 3.82. The van der Waals surface area contributed by atoms with Gasteiger partial charge in [-0.2, -0.15) is 8.42 Å². The Morgan fingerprint density at radius 3 is 2.70 bits per heavy atom. The fourth-order valence-electron chi connectivity index (χ4n) is 1.51. The number of carbonyl (C=O) groups is 1. The number of nitrogens with zero attached hydrogens (tertiary/aromatic N) is 2. The van der Waals surface area contributed by atoms with Crippen LogP contribution in [0.15, 0.2) is 40.2 Å². The maximum Gasteiger partial charge on any atom is 0.337 e. The quantitative estimate of drug-likeness (QED) is 0.864. The zero-order valence-electron chi connectivity index (χ0n) is 10.2. The van der Waals surface area contributed by atoms with Gasteiger partial charge in [0.25, 0.3) is 10.0 Å². The fourth-order valence-corrected chi connectivity index (χ4v) is 2.93. The predicted octanol–water partition coefficient (Wildman–Crippen LogP) is 1.68. The van der Waals surface area contributed by atoms with E-state index in [1.165, 1.54) is 29.2 Å². The maximum absolute atomic E-state index is 12.1. The fraction of sp³-hybridized carbons (Fsp3) is 0.0909. The smallest absolute Gasteiger partial charge is 0.337 e. The Hall–Kier alpha value is -1.87. The van der Waals surface area contributed by atoms with E-state index in [2.05, 4.69) is 25.6 Å². The summed E-state index contributed by atoms with van der Waals surface area (Å²) in [4.78, 5) is 14.9. The molecule has 9 heteroatoms. The van der Waals surface area contributed by atoms with Crippen molar-refractivity contribution in [3.63, 3.8) is 0 Å². The number of nitrogens with one attached hydrogen (secondary N) is 1. The molecule has 7 nitrogen and oxygen atoms in total. The molecule has 0 fully saturated rings. The molecular formula is C11H10BrN3O4S. The first-order valence-corrected chi connectivity index (χ1v) is 7.61. The summed E-state index contributed by atoms with van der Waals surface area (Å²) >= 11 is 3.14. The van der Waals surface area contributed by atoms with E-state index >= 15 is 0 Å². The van der Waals surface area contributed by atoms with Crippen LogP contribution in [-0.2, 0) is 17.1 Å². The Morgan fingerprint density at radius 2 is 2.15 bits per heavy atom. The summed E-state index contributed by atoms with van der Waals surface area (Å²) in [6.45, 7) is 0. The van der Waals surface area contributed by atoms with Crippen LogP contribution in [0.5, 0.6) is 0 Å². The zero-order chi connectivity index (χ0) is 14.9. The van der Waals surface area contributed by atoms with Gasteiger partial charge in [0.2, 0.25) is 0 Å². The van der Waals surface area contributed by atoms with E-state index < -0.39 is 16.0 Å². The summed E-state index contributed by atoms with van der Waals surface area (Å²) in [5.74, 6) is -1.23. The predicted molar refractivity (Wildman–Crippen MR) is 75.1 cm³/mol. The Labute approximate surface area is 123 Å². The third-order valence-corrected chi connectivity index (χ3v) is 4.16. The molecule has 2 N–H and O–H groups in total. The van der Waals surface area contributed by atoms with Crippen molar-refractivity contribution in [2.45, 2.75) is 5.03 Å². The summed E-state index contributed by atoms with van der Waals surface area (Å²) in [7, 11) is -2.29. The lowest BCUT2D eigenvalue weighted by molar-refractivity contribution is 0.0698. The van der Waals surface area contributed by atoms with Crippen LogP contribution in [0.3, 0.4) is 0 Å². The highest BCUT2D eigenvalue weighted by molar-refractivity contribution is 9.10. The van der Waals surface area contributed by atoms with Crippen LogP contribution in [0.25, 0.3) is 0 Å². The van der Waals surface area contributed by atoms with Crippen molar-refractivity contribution in [3.8, 4) is 0 Å². The van der Waals surface area contributed by atoms with Crippen molar-refractivity contribution >= 4 is 37.6 Å². The Balaban J connectivity index is 2.42. The number of imidazole rings is 1. The topological polar surface area (TPSA) is 101 Å². The number of carboxylic acids is 1. The monoisotopic (exact) mass is 359 g/mol. The van der Waals surface area contributed by atoms with Crippen molar-refractivity contribution in [1.29, 1.82) is 0 Å². The molecule has 1 heterocycles. The molecule has 2 aromatic rings. The summed E-state index contributed by atoms with van der Waals surface area (Å²) < 4.78 is 28.4. The molecule has 20 heavy (non-hydrogen) atoms. The minimum atomic E-state index is -3.92. The molecule has 0 aliphatic heterocycles. The number of halogens is 1. The van der Waals surface area contributed by atoms with E-state index in [9.17, 15) is 13.2 Å². The minimum absolute atomic E-state index is 0.0219. The van der Waals surface area contributed by atoms with Gasteiger partial charge >= 0.3 is 5.97 Å². The van der Waals surface area contributed by atoms with Gasteiger partial charge in [0.1, 0.15) is 0 Å². The molecule has 2 rings (SSSR count). The molecule has 0 unspecified atom stereocenters. The molecule has 0 aliphatic rings. The molecule has 0 atom stereocenters. The highest BCUT2D eigenvalue weighted by Crippen LogP contribution is 2.23. The summed E-state index contributed by atoms with van der Waals surface area (Å²) in [6, 6.07) is 4.23. The van der Waals surface area contributed by atoms with Gasteiger partial charge < -0.3 is 9.67 Å². The number of aryl methyl sites for hydroxylation is 1. The molecule has 0 bridgehead atoms. The van der Waals surface area contributed by atoms with Crippen molar-refractivity contribution in [1.82, 2.24) is 9.55 Å². The van der Waals surface area contributed by atoms with Gasteiger partial charge in [-0.05, 0) is 18.2 Å². The normalized spacial score (nSPS) is 11.3. The lowest BCUT2D eigenvalue weighted by atomic mass is 10.2. The highest BCUT2D eigenvalue weighted by atomic mass is 79.9. The van der Waals surface area contributed by atoms with E-state index in [0.717, 1.165) is 0 Å². The van der Waals surface area contributed by atoms with Crippen molar-refractivity contribution in [2.75, 3.05) is 4.72 Å². The van der Waals surface area contributed by atoms with Gasteiger partial charge in [0.05, 0.1) is 17.6 Å². The average Bonchev–Trinajstić information content (AvgIpc) is 2.78. The first kappa shape index (κ1) is 14.5. The van der Waals surface area contributed by atoms with E-state index in [4.69, 9.17) is 5.11 Å². The van der Waals surface area contributed by atoms with E-state index in [1.807, 2.05) is 0 Å². The number of carboxylic acid groups (broad SMARTS) is 1. The molecule has 0 radical (unpaired) electrons. The summed E-state index contributed by atoms with van der Waals surface area (Å²) in [5, 5.41) is 8.90. The van der Waals surface area contributed by atoms with Crippen LogP contribution in [0.1, 0.15) is 10.4 Å². The molecule has 1 aromatic carbocycles. The third-order valence-electron chi connectivity index (χ3n) is 2.41. The molecule has 0 amide bonds. The number of aromatic carboxylic acids is 1. The first-order chi connectivity index (χ1) is 9.29. The molecule has 0 aliphatic carbocycles. The minimum Gasteiger partial charge on any atom is -0.478 e. The molecule has 0 saturated heterocycles. The van der Waals surface area contributed by atoms with Gasteiger partial charge in [-0.15, -0.1) is 0 Å². The molecule has 106 valence electrons. The van der Waals surface area contributed by atoms with E-state index in [1.54, 1.807) is 13.1 Å². The van der Waals surface area contributed by atoms with Gasteiger partial charge in [-0.3, -0.25) is 4.72 Å². The number of hydrogen-bond acceptors (Lipinski definition) is 4. The first-order valence-electron chi connectivity index (χ1n) is 5.33.